The lowest BCUT2D eigenvalue weighted by atomic mass is 10.0. The van der Waals surface area contributed by atoms with Crippen LogP contribution < -0.4 is 11.5 Å². The molecule has 1 aromatic heterocycles. The summed E-state index contributed by atoms with van der Waals surface area (Å²) in [5.41, 5.74) is 5.77. The molecule has 1 rings (SSSR count). The predicted molar refractivity (Wildman–Crippen MR) is 50.6 cm³/mol. The summed E-state index contributed by atoms with van der Waals surface area (Å²) in [6.45, 7) is -0.663. The number of pyridine rings is 1. The van der Waals surface area contributed by atoms with Crippen LogP contribution in [0.25, 0.3) is 0 Å². The molecule has 0 atom stereocenters. The van der Waals surface area contributed by atoms with Crippen molar-refractivity contribution >= 4 is 5.91 Å². The van der Waals surface area contributed by atoms with Gasteiger partial charge < -0.3 is 11.5 Å². The maximum Gasteiger partial charge on any atom is 0.433 e. The molecule has 0 aliphatic rings. The number of alkyl halides is 5. The second kappa shape index (κ2) is 4.84. The van der Waals surface area contributed by atoms with Gasteiger partial charge in [0, 0.05) is 6.54 Å². The van der Waals surface area contributed by atoms with E-state index in [0.717, 1.165) is 0 Å². The monoisotopic (exact) mass is 269 g/mol. The number of hydrogen-bond donors (Lipinski definition) is 2. The normalized spacial score (nSPS) is 11.9. The number of nitrogens with zero attached hydrogens (tertiary/aromatic N) is 1. The standard InChI is InChI=1S/C9H8F5N3O/c10-7(11)6-3(8(16)18)1-5(9(12,13)14)17-4(6)2-15/h1,7H,2,15H2,(H2,16,18). The Morgan fingerprint density at radius 1 is 1.39 bits per heavy atom. The fraction of sp³-hybridized carbons (Fsp3) is 0.333. The van der Waals surface area contributed by atoms with E-state index in [1.54, 1.807) is 0 Å². The first kappa shape index (κ1) is 14.3. The molecule has 0 unspecified atom stereocenters. The number of hydrogen-bond acceptors (Lipinski definition) is 3. The molecule has 0 saturated heterocycles. The number of halogens is 5. The number of carbonyl (C=O) groups excluding carboxylic acids is 1. The summed E-state index contributed by atoms with van der Waals surface area (Å²) in [6, 6.07) is 0.197. The third kappa shape index (κ3) is 2.73. The number of nitrogens with two attached hydrogens (primary N) is 2. The lowest BCUT2D eigenvalue weighted by Gasteiger charge is -2.14. The average Bonchev–Trinajstić information content (AvgIpc) is 2.25. The summed E-state index contributed by atoms with van der Waals surface area (Å²) in [7, 11) is 0. The van der Waals surface area contributed by atoms with Crippen molar-refractivity contribution in [1.29, 1.82) is 0 Å². The van der Waals surface area contributed by atoms with Crippen molar-refractivity contribution in [1.82, 2.24) is 4.98 Å². The van der Waals surface area contributed by atoms with Crippen molar-refractivity contribution in [2.24, 2.45) is 11.5 Å². The highest BCUT2D eigenvalue weighted by Crippen LogP contribution is 2.33. The smallest absolute Gasteiger partial charge is 0.366 e. The molecule has 9 heteroatoms. The molecule has 0 aromatic carbocycles. The van der Waals surface area contributed by atoms with E-state index in [2.05, 4.69) is 4.98 Å². The van der Waals surface area contributed by atoms with E-state index >= 15 is 0 Å². The minimum atomic E-state index is -4.88. The largest absolute Gasteiger partial charge is 0.433 e. The Morgan fingerprint density at radius 2 is 1.94 bits per heavy atom. The number of primary amides is 1. The summed E-state index contributed by atoms with van der Waals surface area (Å²) in [6.07, 6.45) is -8.07. The Balaban J connectivity index is 3.59. The van der Waals surface area contributed by atoms with Crippen molar-refractivity contribution in [3.05, 3.63) is 28.6 Å². The van der Waals surface area contributed by atoms with Crippen LogP contribution >= 0.6 is 0 Å². The van der Waals surface area contributed by atoms with Gasteiger partial charge in [0.2, 0.25) is 5.91 Å². The summed E-state index contributed by atoms with van der Waals surface area (Å²) < 4.78 is 62.7. The average molecular weight is 269 g/mol. The molecule has 1 amide bonds. The Bertz CT molecular complexity index is 472. The highest BCUT2D eigenvalue weighted by atomic mass is 19.4. The molecule has 0 saturated carbocycles. The van der Waals surface area contributed by atoms with Crippen LogP contribution in [-0.2, 0) is 12.7 Å². The molecule has 100 valence electrons. The van der Waals surface area contributed by atoms with Crippen molar-refractivity contribution in [2.75, 3.05) is 0 Å². The van der Waals surface area contributed by atoms with Gasteiger partial charge in [-0.2, -0.15) is 13.2 Å². The van der Waals surface area contributed by atoms with E-state index in [1.807, 2.05) is 0 Å². The van der Waals surface area contributed by atoms with Crippen LogP contribution in [0.4, 0.5) is 22.0 Å². The van der Waals surface area contributed by atoms with E-state index in [9.17, 15) is 26.7 Å². The van der Waals surface area contributed by atoms with Crippen LogP contribution in [0, 0.1) is 0 Å². The summed E-state index contributed by atoms with van der Waals surface area (Å²) >= 11 is 0. The predicted octanol–water partition coefficient (Wildman–Crippen LogP) is 1.60. The Labute approximate surface area is 97.8 Å². The van der Waals surface area contributed by atoms with Gasteiger partial charge in [-0.15, -0.1) is 0 Å². The Morgan fingerprint density at radius 3 is 2.28 bits per heavy atom. The van der Waals surface area contributed by atoms with Crippen molar-refractivity contribution in [3.63, 3.8) is 0 Å². The second-order valence-corrected chi connectivity index (χ2v) is 3.28. The van der Waals surface area contributed by atoms with Gasteiger partial charge in [-0.1, -0.05) is 0 Å². The summed E-state index contributed by atoms with van der Waals surface area (Å²) in [5, 5.41) is 0. The lowest BCUT2D eigenvalue weighted by molar-refractivity contribution is -0.141. The van der Waals surface area contributed by atoms with Gasteiger partial charge in [0.1, 0.15) is 5.69 Å². The Kier molecular flexibility index (Phi) is 3.85. The molecule has 0 fully saturated rings. The number of amides is 1. The molecule has 1 aromatic rings. The van der Waals surface area contributed by atoms with Gasteiger partial charge in [-0.25, -0.2) is 13.8 Å². The molecule has 0 bridgehead atoms. The second-order valence-electron chi connectivity index (χ2n) is 3.28. The zero-order valence-electron chi connectivity index (χ0n) is 8.76. The van der Waals surface area contributed by atoms with Crippen molar-refractivity contribution < 1.29 is 26.7 Å². The minimum Gasteiger partial charge on any atom is -0.366 e. The van der Waals surface area contributed by atoms with Gasteiger partial charge >= 0.3 is 6.18 Å². The zero-order valence-corrected chi connectivity index (χ0v) is 8.76. The molecule has 1 heterocycles. The van der Waals surface area contributed by atoms with Crippen LogP contribution in [0.3, 0.4) is 0 Å². The molecule has 0 spiro atoms. The first-order valence-electron chi connectivity index (χ1n) is 4.57. The third-order valence-corrected chi connectivity index (χ3v) is 2.11. The van der Waals surface area contributed by atoms with Crippen LogP contribution in [0.1, 0.15) is 33.7 Å². The molecule has 0 radical (unpaired) electrons. The van der Waals surface area contributed by atoms with E-state index in [0.29, 0.717) is 0 Å². The molecular formula is C9H8F5N3O. The van der Waals surface area contributed by atoms with Crippen LogP contribution in [0.5, 0.6) is 0 Å². The van der Waals surface area contributed by atoms with E-state index in [-0.39, 0.29) is 6.07 Å². The van der Waals surface area contributed by atoms with E-state index < -0.39 is 47.6 Å². The van der Waals surface area contributed by atoms with Gasteiger partial charge in [-0.05, 0) is 6.07 Å². The molecule has 4 nitrogen and oxygen atoms in total. The van der Waals surface area contributed by atoms with Gasteiger partial charge in [0.15, 0.2) is 0 Å². The maximum absolute atomic E-state index is 12.7. The third-order valence-electron chi connectivity index (χ3n) is 2.11. The molecule has 0 aliphatic heterocycles. The van der Waals surface area contributed by atoms with Crippen molar-refractivity contribution in [3.8, 4) is 0 Å². The summed E-state index contributed by atoms with van der Waals surface area (Å²) in [4.78, 5) is 13.9. The Hall–Kier alpha value is -1.77. The highest BCUT2D eigenvalue weighted by Gasteiger charge is 2.35. The molecule has 0 aliphatic carbocycles. The van der Waals surface area contributed by atoms with Gasteiger partial charge in [0.25, 0.3) is 6.43 Å². The zero-order chi connectivity index (χ0) is 14.1. The van der Waals surface area contributed by atoms with Crippen molar-refractivity contribution in [2.45, 2.75) is 19.1 Å². The van der Waals surface area contributed by atoms with E-state index in [1.165, 1.54) is 0 Å². The first-order valence-corrected chi connectivity index (χ1v) is 4.57. The quantitative estimate of drug-likeness (QED) is 0.817. The minimum absolute atomic E-state index is 0.197. The highest BCUT2D eigenvalue weighted by molar-refractivity contribution is 5.94. The molecule has 18 heavy (non-hydrogen) atoms. The van der Waals surface area contributed by atoms with Gasteiger partial charge in [-0.3, -0.25) is 4.79 Å². The number of rotatable bonds is 3. The van der Waals surface area contributed by atoms with Crippen LogP contribution in [0.15, 0.2) is 6.07 Å². The van der Waals surface area contributed by atoms with E-state index in [4.69, 9.17) is 11.5 Å². The SMILES string of the molecule is NCc1nc(C(F)(F)F)cc(C(N)=O)c1C(F)F. The molecule has 4 N–H and O–H groups in total. The van der Waals surface area contributed by atoms with Crippen LogP contribution in [-0.4, -0.2) is 10.9 Å². The summed E-state index contributed by atoms with van der Waals surface area (Å²) in [5.74, 6) is -1.40. The van der Waals surface area contributed by atoms with Gasteiger partial charge in [0.05, 0.1) is 16.8 Å². The lowest BCUT2D eigenvalue weighted by Crippen LogP contribution is -2.21. The van der Waals surface area contributed by atoms with Crippen LogP contribution in [0.2, 0.25) is 0 Å². The maximum atomic E-state index is 12.7. The topological polar surface area (TPSA) is 82.0 Å². The fourth-order valence-electron chi connectivity index (χ4n) is 1.36. The number of carbonyl (C=O) groups is 1. The first-order chi connectivity index (χ1) is 8.18. The number of aromatic nitrogens is 1. The fourth-order valence-corrected chi connectivity index (χ4v) is 1.36. The molecular weight excluding hydrogens is 261 g/mol.